The van der Waals surface area contributed by atoms with E-state index >= 15 is 0 Å². The number of methoxy groups -OCH3 is 1. The zero-order chi connectivity index (χ0) is 20.3. The summed E-state index contributed by atoms with van der Waals surface area (Å²) in [5.74, 6) is 0.453. The van der Waals surface area contributed by atoms with Crippen molar-refractivity contribution in [3.63, 3.8) is 0 Å². The lowest BCUT2D eigenvalue weighted by Crippen LogP contribution is -2.17. The molecule has 0 amide bonds. The molecule has 0 saturated carbocycles. The first kappa shape index (κ1) is 19.4. The highest BCUT2D eigenvalue weighted by Crippen LogP contribution is 2.29. The van der Waals surface area contributed by atoms with E-state index in [4.69, 9.17) is 14.2 Å². The molecule has 0 N–H and O–H groups in total. The molecule has 0 aliphatic carbocycles. The van der Waals surface area contributed by atoms with E-state index in [0.29, 0.717) is 28.4 Å². The van der Waals surface area contributed by atoms with Crippen LogP contribution in [0.5, 0.6) is 11.5 Å². The zero-order valence-corrected chi connectivity index (χ0v) is 16.3. The van der Waals surface area contributed by atoms with Crippen molar-refractivity contribution < 1.29 is 19.0 Å². The molecule has 0 atom stereocenters. The summed E-state index contributed by atoms with van der Waals surface area (Å²) in [5, 5.41) is 0. The Bertz CT molecular complexity index is 1070. The van der Waals surface area contributed by atoms with Gasteiger partial charge in [0.2, 0.25) is 0 Å². The molecule has 0 spiro atoms. The van der Waals surface area contributed by atoms with Crippen molar-refractivity contribution >= 4 is 11.6 Å². The predicted octanol–water partition coefficient (Wildman–Crippen LogP) is 3.16. The Balaban J connectivity index is 1.76. The van der Waals surface area contributed by atoms with Crippen LogP contribution >= 0.6 is 0 Å². The molecule has 0 radical (unpaired) electrons. The number of benzene rings is 1. The minimum atomic E-state index is -0.541. The van der Waals surface area contributed by atoms with Crippen LogP contribution in [0.1, 0.15) is 35.5 Å². The Morgan fingerprint density at radius 2 is 1.93 bits per heavy atom. The molecular formula is C21H22N2O5. The zero-order valence-electron chi connectivity index (χ0n) is 16.3. The molecule has 0 aliphatic heterocycles. The van der Waals surface area contributed by atoms with Crippen LogP contribution in [0.25, 0.3) is 5.65 Å². The lowest BCUT2D eigenvalue weighted by atomic mass is 10.2. The smallest absolute Gasteiger partial charge is 0.338 e. The van der Waals surface area contributed by atoms with Gasteiger partial charge in [-0.2, -0.15) is 0 Å². The van der Waals surface area contributed by atoms with Gasteiger partial charge < -0.3 is 14.2 Å². The number of rotatable bonds is 6. The van der Waals surface area contributed by atoms with Crippen LogP contribution in [0.3, 0.4) is 0 Å². The summed E-state index contributed by atoms with van der Waals surface area (Å²) in [5.41, 5.74) is 1.93. The van der Waals surface area contributed by atoms with Crippen LogP contribution in [0.4, 0.5) is 0 Å². The fourth-order valence-electron chi connectivity index (χ4n) is 2.70. The first-order valence-electron chi connectivity index (χ1n) is 8.88. The van der Waals surface area contributed by atoms with Crippen molar-refractivity contribution in [1.29, 1.82) is 0 Å². The number of nitrogens with zero attached hydrogens (tertiary/aromatic N) is 2. The number of aryl methyl sites for hydroxylation is 1. The maximum atomic E-state index is 12.4. The number of aromatic nitrogens is 2. The van der Waals surface area contributed by atoms with E-state index in [1.165, 1.54) is 17.6 Å². The topological polar surface area (TPSA) is 79.1 Å². The van der Waals surface area contributed by atoms with E-state index in [1.807, 2.05) is 26.8 Å². The SMILES string of the molecule is COc1cc(C(=O)OCc2cc(=O)n3cc(C)ccc3n2)ccc1OC(C)C. The molecule has 7 nitrogen and oxygen atoms in total. The largest absolute Gasteiger partial charge is 0.493 e. The summed E-state index contributed by atoms with van der Waals surface area (Å²) < 4.78 is 17.7. The monoisotopic (exact) mass is 382 g/mol. The van der Waals surface area contributed by atoms with E-state index in [-0.39, 0.29) is 18.3 Å². The molecule has 146 valence electrons. The first-order valence-corrected chi connectivity index (χ1v) is 8.88. The number of fused-ring (bicyclic) bond motifs is 1. The summed E-state index contributed by atoms with van der Waals surface area (Å²) in [6.07, 6.45) is 1.70. The van der Waals surface area contributed by atoms with Crippen molar-refractivity contribution in [2.75, 3.05) is 7.11 Å². The van der Waals surface area contributed by atoms with Gasteiger partial charge in [-0.1, -0.05) is 6.07 Å². The van der Waals surface area contributed by atoms with Gasteiger partial charge in [-0.3, -0.25) is 9.20 Å². The maximum absolute atomic E-state index is 12.4. The fourth-order valence-corrected chi connectivity index (χ4v) is 2.70. The van der Waals surface area contributed by atoms with Crippen molar-refractivity contribution in [3.05, 3.63) is 69.8 Å². The quantitative estimate of drug-likeness (QED) is 0.610. The molecule has 3 rings (SSSR count). The third-order valence-corrected chi connectivity index (χ3v) is 3.97. The van der Waals surface area contributed by atoms with Crippen molar-refractivity contribution in [2.24, 2.45) is 0 Å². The second kappa shape index (κ2) is 8.12. The van der Waals surface area contributed by atoms with Gasteiger partial charge in [0, 0.05) is 12.3 Å². The van der Waals surface area contributed by atoms with Gasteiger partial charge in [-0.15, -0.1) is 0 Å². The average molecular weight is 382 g/mol. The normalized spacial score (nSPS) is 10.9. The van der Waals surface area contributed by atoms with Crippen molar-refractivity contribution in [1.82, 2.24) is 9.38 Å². The van der Waals surface area contributed by atoms with Crippen molar-refractivity contribution in [3.8, 4) is 11.5 Å². The molecule has 0 fully saturated rings. The summed E-state index contributed by atoms with van der Waals surface area (Å²) >= 11 is 0. The minimum Gasteiger partial charge on any atom is -0.493 e. The Morgan fingerprint density at radius 3 is 2.64 bits per heavy atom. The molecular weight excluding hydrogens is 360 g/mol. The van der Waals surface area contributed by atoms with Crippen LogP contribution in [0.2, 0.25) is 0 Å². The van der Waals surface area contributed by atoms with E-state index in [0.717, 1.165) is 5.56 Å². The van der Waals surface area contributed by atoms with Gasteiger partial charge in [0.15, 0.2) is 11.5 Å². The first-order chi connectivity index (χ1) is 13.4. The van der Waals surface area contributed by atoms with E-state index in [9.17, 15) is 9.59 Å². The van der Waals surface area contributed by atoms with Crippen LogP contribution < -0.4 is 15.0 Å². The summed E-state index contributed by atoms with van der Waals surface area (Å²) in [6, 6.07) is 9.81. The number of ether oxygens (including phenoxy) is 3. The average Bonchev–Trinajstić information content (AvgIpc) is 2.66. The van der Waals surface area contributed by atoms with E-state index in [1.54, 1.807) is 30.5 Å². The molecule has 7 heteroatoms. The third-order valence-electron chi connectivity index (χ3n) is 3.97. The fraction of sp³-hybridized carbons (Fsp3) is 0.286. The van der Waals surface area contributed by atoms with Gasteiger partial charge >= 0.3 is 5.97 Å². The van der Waals surface area contributed by atoms with E-state index < -0.39 is 5.97 Å². The summed E-state index contributed by atoms with van der Waals surface area (Å²) in [4.78, 5) is 29.0. The second-order valence-corrected chi connectivity index (χ2v) is 6.63. The lowest BCUT2D eigenvalue weighted by molar-refractivity contribution is 0.0467. The van der Waals surface area contributed by atoms with Gasteiger partial charge in [-0.25, -0.2) is 9.78 Å². The van der Waals surface area contributed by atoms with Crippen LogP contribution in [0, 0.1) is 6.92 Å². The highest BCUT2D eigenvalue weighted by atomic mass is 16.5. The number of hydrogen-bond acceptors (Lipinski definition) is 6. The Morgan fingerprint density at radius 1 is 1.14 bits per heavy atom. The lowest BCUT2D eigenvalue weighted by Gasteiger charge is -2.14. The summed E-state index contributed by atoms with van der Waals surface area (Å²) in [6.45, 7) is 5.60. The van der Waals surface area contributed by atoms with Gasteiger partial charge in [0.1, 0.15) is 12.3 Å². The predicted molar refractivity (Wildman–Crippen MR) is 104 cm³/mol. The standard InChI is InChI=1S/C21H22N2O5/c1-13(2)28-17-7-6-15(9-18(17)26-4)21(25)27-12-16-10-20(24)23-11-14(3)5-8-19(23)22-16/h5-11,13H,12H2,1-4H3. The molecule has 0 saturated heterocycles. The Labute approximate surface area is 162 Å². The number of carbonyl (C=O) groups excluding carboxylic acids is 1. The molecule has 0 bridgehead atoms. The number of esters is 1. The highest BCUT2D eigenvalue weighted by Gasteiger charge is 2.14. The molecule has 28 heavy (non-hydrogen) atoms. The molecule has 3 aromatic rings. The maximum Gasteiger partial charge on any atom is 0.338 e. The van der Waals surface area contributed by atoms with Crippen LogP contribution in [-0.2, 0) is 11.3 Å². The third kappa shape index (κ3) is 4.31. The summed E-state index contributed by atoms with van der Waals surface area (Å²) in [7, 11) is 1.51. The number of pyridine rings is 1. The van der Waals surface area contributed by atoms with Gasteiger partial charge in [0.05, 0.1) is 24.5 Å². The van der Waals surface area contributed by atoms with E-state index in [2.05, 4.69) is 4.98 Å². The molecule has 0 aliphatic rings. The Hall–Kier alpha value is -3.35. The second-order valence-electron chi connectivity index (χ2n) is 6.63. The molecule has 1 aromatic carbocycles. The van der Waals surface area contributed by atoms with Gasteiger partial charge in [-0.05, 0) is 50.6 Å². The molecule has 0 unspecified atom stereocenters. The highest BCUT2D eigenvalue weighted by molar-refractivity contribution is 5.90. The minimum absolute atomic E-state index is 0.0198. The molecule has 2 aromatic heterocycles. The number of hydrogen-bond donors (Lipinski definition) is 0. The van der Waals surface area contributed by atoms with Crippen LogP contribution in [-0.4, -0.2) is 28.6 Å². The van der Waals surface area contributed by atoms with Crippen LogP contribution in [0.15, 0.2) is 47.4 Å². The van der Waals surface area contributed by atoms with Crippen molar-refractivity contribution in [2.45, 2.75) is 33.5 Å². The molecule has 2 heterocycles. The Kier molecular flexibility index (Phi) is 5.63. The van der Waals surface area contributed by atoms with Gasteiger partial charge in [0.25, 0.3) is 5.56 Å². The number of carbonyl (C=O) groups is 1.